The van der Waals surface area contributed by atoms with Gasteiger partial charge in [-0.25, -0.2) is 0 Å². The Morgan fingerprint density at radius 2 is 1.27 bits per heavy atom. The predicted molar refractivity (Wildman–Crippen MR) is 113 cm³/mol. The van der Waals surface area contributed by atoms with Crippen molar-refractivity contribution in [2.75, 3.05) is 26.4 Å². The third-order valence-electron chi connectivity index (χ3n) is 4.65. The van der Waals surface area contributed by atoms with E-state index in [-0.39, 0.29) is 12.7 Å². The minimum absolute atomic E-state index is 0.0799. The Labute approximate surface area is 163 Å². The highest BCUT2D eigenvalue weighted by Crippen LogP contribution is 2.10. The number of aliphatic hydroxyl groups excluding tert-OH is 1. The van der Waals surface area contributed by atoms with Crippen LogP contribution in [0.2, 0.25) is 0 Å². The summed E-state index contributed by atoms with van der Waals surface area (Å²) in [6, 6.07) is 0. The lowest BCUT2D eigenvalue weighted by atomic mass is 10.1. The Bertz CT molecular complexity index is 279. The predicted octanol–water partition coefficient (Wildman–Crippen LogP) is 6.44. The third kappa shape index (κ3) is 21.7. The van der Waals surface area contributed by atoms with Gasteiger partial charge < -0.3 is 14.6 Å². The molecule has 3 heteroatoms. The van der Waals surface area contributed by atoms with Crippen LogP contribution in [0.1, 0.15) is 104 Å². The van der Waals surface area contributed by atoms with E-state index < -0.39 is 0 Å². The van der Waals surface area contributed by atoms with Gasteiger partial charge in [-0.1, -0.05) is 76.9 Å². The molecule has 0 aromatic carbocycles. The summed E-state index contributed by atoms with van der Waals surface area (Å²) in [5.41, 5.74) is 0. The molecule has 0 aliphatic heterocycles. The maximum atomic E-state index is 8.67. The molecule has 0 bridgehead atoms. The molecule has 0 rings (SSSR count). The highest BCUT2D eigenvalue weighted by atomic mass is 16.5. The molecule has 26 heavy (non-hydrogen) atoms. The maximum absolute atomic E-state index is 8.67. The molecule has 1 atom stereocenters. The van der Waals surface area contributed by atoms with E-state index in [9.17, 15) is 0 Å². The molecular weight excluding hydrogens is 324 g/mol. The molecule has 0 aliphatic carbocycles. The minimum Gasteiger partial charge on any atom is -0.394 e. The van der Waals surface area contributed by atoms with Gasteiger partial charge in [0, 0.05) is 6.61 Å². The van der Waals surface area contributed by atoms with Gasteiger partial charge in [0.15, 0.2) is 0 Å². The number of allylic oxidation sites excluding steroid dienone is 2. The highest BCUT2D eigenvalue weighted by Gasteiger charge is 2.01. The Hall–Kier alpha value is -0.380. The van der Waals surface area contributed by atoms with Crippen LogP contribution in [-0.2, 0) is 9.47 Å². The van der Waals surface area contributed by atoms with Crippen molar-refractivity contribution in [2.45, 2.75) is 110 Å². The van der Waals surface area contributed by atoms with E-state index in [0.717, 1.165) is 13.0 Å². The summed E-state index contributed by atoms with van der Waals surface area (Å²) in [7, 11) is 0. The number of unbranched alkanes of at least 4 members (excludes halogenated alkanes) is 12. The van der Waals surface area contributed by atoms with Crippen LogP contribution in [-0.4, -0.2) is 37.6 Å². The molecular formula is C23H46O3. The molecule has 1 unspecified atom stereocenters. The third-order valence-corrected chi connectivity index (χ3v) is 4.65. The molecule has 3 nitrogen and oxygen atoms in total. The molecule has 0 amide bonds. The lowest BCUT2D eigenvalue weighted by Crippen LogP contribution is -2.18. The zero-order chi connectivity index (χ0) is 19.1. The van der Waals surface area contributed by atoms with E-state index in [1.165, 1.54) is 83.5 Å². The molecule has 0 heterocycles. The standard InChI is InChI=1S/C23H46O3/c1-3-4-5-6-7-8-9-10-11-12-13-14-15-16-17-18-20-25-22-23(2)26-21-19-24/h10-11,23-24H,3-9,12-22H2,1-2H3/b11-10+. The normalized spacial score (nSPS) is 12.9. The van der Waals surface area contributed by atoms with Crippen LogP contribution < -0.4 is 0 Å². The van der Waals surface area contributed by atoms with Crippen LogP contribution in [0.15, 0.2) is 12.2 Å². The summed E-state index contributed by atoms with van der Waals surface area (Å²) in [5.74, 6) is 0. The van der Waals surface area contributed by atoms with Gasteiger partial charge in [-0.15, -0.1) is 0 Å². The maximum Gasteiger partial charge on any atom is 0.0781 e. The Morgan fingerprint density at radius 1 is 0.731 bits per heavy atom. The lowest BCUT2D eigenvalue weighted by Gasteiger charge is -2.12. The van der Waals surface area contributed by atoms with Crippen molar-refractivity contribution in [3.8, 4) is 0 Å². The van der Waals surface area contributed by atoms with Crippen LogP contribution in [0.3, 0.4) is 0 Å². The first-order valence-electron chi connectivity index (χ1n) is 11.3. The summed E-state index contributed by atoms with van der Waals surface area (Å²) in [5, 5.41) is 8.67. The molecule has 0 saturated carbocycles. The zero-order valence-corrected chi connectivity index (χ0v) is 17.7. The average molecular weight is 371 g/mol. The first kappa shape index (κ1) is 25.6. The van der Waals surface area contributed by atoms with Gasteiger partial charge in [-0.2, -0.15) is 0 Å². The first-order chi connectivity index (χ1) is 12.8. The molecule has 0 spiro atoms. The molecule has 0 saturated heterocycles. The summed E-state index contributed by atoms with van der Waals surface area (Å²) < 4.78 is 10.9. The zero-order valence-electron chi connectivity index (χ0n) is 17.7. The monoisotopic (exact) mass is 370 g/mol. The van der Waals surface area contributed by atoms with Crippen LogP contribution in [0.25, 0.3) is 0 Å². The van der Waals surface area contributed by atoms with E-state index >= 15 is 0 Å². The lowest BCUT2D eigenvalue weighted by molar-refractivity contribution is -0.0189. The Kier molecular flexibility index (Phi) is 22.3. The van der Waals surface area contributed by atoms with Crippen molar-refractivity contribution in [2.24, 2.45) is 0 Å². The number of aliphatic hydroxyl groups is 1. The van der Waals surface area contributed by atoms with Crippen molar-refractivity contribution in [3.63, 3.8) is 0 Å². The fourth-order valence-electron chi connectivity index (χ4n) is 3.00. The second-order valence-electron chi connectivity index (χ2n) is 7.42. The topological polar surface area (TPSA) is 38.7 Å². The Morgan fingerprint density at radius 3 is 1.85 bits per heavy atom. The summed E-state index contributed by atoms with van der Waals surface area (Å²) in [6.45, 7) is 6.20. The average Bonchev–Trinajstić information content (AvgIpc) is 2.65. The first-order valence-corrected chi connectivity index (χ1v) is 11.3. The molecule has 1 N–H and O–H groups in total. The number of ether oxygens (including phenoxy) is 2. The summed E-state index contributed by atoms with van der Waals surface area (Å²) in [4.78, 5) is 0. The van der Waals surface area contributed by atoms with Gasteiger partial charge in [-0.05, 0) is 39.0 Å². The van der Waals surface area contributed by atoms with Gasteiger partial charge in [0.25, 0.3) is 0 Å². The van der Waals surface area contributed by atoms with Gasteiger partial charge in [-0.3, -0.25) is 0 Å². The molecule has 0 aliphatic rings. The fourth-order valence-corrected chi connectivity index (χ4v) is 3.00. The minimum atomic E-state index is 0.0799. The van der Waals surface area contributed by atoms with Crippen molar-refractivity contribution in [1.29, 1.82) is 0 Å². The summed E-state index contributed by atoms with van der Waals surface area (Å²) in [6.07, 6.45) is 23.5. The number of hydrogen-bond acceptors (Lipinski definition) is 3. The highest BCUT2D eigenvalue weighted by molar-refractivity contribution is 4.81. The second kappa shape index (κ2) is 22.7. The van der Waals surface area contributed by atoms with Crippen LogP contribution in [0.4, 0.5) is 0 Å². The summed E-state index contributed by atoms with van der Waals surface area (Å²) >= 11 is 0. The van der Waals surface area contributed by atoms with Crippen molar-refractivity contribution in [3.05, 3.63) is 12.2 Å². The molecule has 156 valence electrons. The van der Waals surface area contributed by atoms with Gasteiger partial charge in [0.2, 0.25) is 0 Å². The molecule has 0 fully saturated rings. The largest absolute Gasteiger partial charge is 0.394 e. The van der Waals surface area contributed by atoms with Crippen molar-refractivity contribution < 1.29 is 14.6 Å². The van der Waals surface area contributed by atoms with Crippen LogP contribution >= 0.6 is 0 Å². The molecule has 0 aromatic rings. The Balaban J connectivity index is 3.11. The van der Waals surface area contributed by atoms with Gasteiger partial charge in [0.1, 0.15) is 0 Å². The smallest absolute Gasteiger partial charge is 0.0781 e. The number of hydrogen-bond donors (Lipinski definition) is 1. The van der Waals surface area contributed by atoms with Crippen molar-refractivity contribution >= 4 is 0 Å². The quantitative estimate of drug-likeness (QED) is 0.187. The molecule has 0 aromatic heterocycles. The molecule has 0 radical (unpaired) electrons. The second-order valence-corrected chi connectivity index (χ2v) is 7.42. The van der Waals surface area contributed by atoms with Gasteiger partial charge >= 0.3 is 0 Å². The van der Waals surface area contributed by atoms with E-state index in [1.807, 2.05) is 6.92 Å². The van der Waals surface area contributed by atoms with E-state index in [4.69, 9.17) is 14.6 Å². The number of rotatable bonds is 21. The van der Waals surface area contributed by atoms with Crippen molar-refractivity contribution in [1.82, 2.24) is 0 Å². The van der Waals surface area contributed by atoms with E-state index in [0.29, 0.717) is 13.2 Å². The van der Waals surface area contributed by atoms with E-state index in [2.05, 4.69) is 19.1 Å². The van der Waals surface area contributed by atoms with Crippen LogP contribution in [0.5, 0.6) is 0 Å². The van der Waals surface area contributed by atoms with Gasteiger partial charge in [0.05, 0.1) is 25.9 Å². The fraction of sp³-hybridized carbons (Fsp3) is 0.913. The van der Waals surface area contributed by atoms with Crippen LogP contribution in [0, 0.1) is 0 Å². The van der Waals surface area contributed by atoms with E-state index in [1.54, 1.807) is 0 Å². The SMILES string of the molecule is CCCCCCCC/C=C/CCCCCCCCOCC(C)OCCO.